The van der Waals surface area contributed by atoms with Crippen LogP contribution in [0.1, 0.15) is 57.2 Å². The molecule has 0 bridgehead atoms. The van der Waals surface area contributed by atoms with Crippen molar-refractivity contribution in [3.05, 3.63) is 35.4 Å². The molecule has 0 saturated carbocycles. The van der Waals surface area contributed by atoms with Gasteiger partial charge in [0.15, 0.2) is 0 Å². The Morgan fingerprint density at radius 3 is 2.68 bits per heavy atom. The lowest BCUT2D eigenvalue weighted by atomic mass is 9.89. The Morgan fingerprint density at radius 2 is 2.05 bits per heavy atom. The number of nitriles is 1. The molecule has 2 heteroatoms. The van der Waals surface area contributed by atoms with Crippen LogP contribution in [0.4, 0.5) is 0 Å². The second kappa shape index (κ2) is 7.31. The lowest BCUT2D eigenvalue weighted by Crippen LogP contribution is -2.20. The molecule has 1 aromatic rings. The molecule has 0 heterocycles. The van der Waals surface area contributed by atoms with E-state index in [1.54, 1.807) is 0 Å². The molecule has 1 aromatic carbocycles. The Hall–Kier alpha value is -1.33. The first-order chi connectivity index (χ1) is 8.94. The Labute approximate surface area is 117 Å². The van der Waals surface area contributed by atoms with Gasteiger partial charge in [-0.3, -0.25) is 0 Å². The Bertz CT molecular complexity index is 429. The highest BCUT2D eigenvalue weighted by Crippen LogP contribution is 2.21. The summed E-state index contributed by atoms with van der Waals surface area (Å²) >= 11 is 0. The van der Waals surface area contributed by atoms with Crippen LogP contribution in [0.2, 0.25) is 0 Å². The summed E-state index contributed by atoms with van der Waals surface area (Å²) in [6.45, 7) is 9.36. The van der Waals surface area contributed by atoms with E-state index in [-0.39, 0.29) is 5.41 Å². The molecule has 0 amide bonds. The molecule has 1 rings (SSSR count). The van der Waals surface area contributed by atoms with Crippen molar-refractivity contribution in [1.29, 1.82) is 5.26 Å². The topological polar surface area (TPSA) is 35.8 Å². The number of hydrogen-bond donors (Lipinski definition) is 1. The predicted molar refractivity (Wildman–Crippen MR) is 80.8 cm³/mol. The molecule has 2 nitrogen and oxygen atoms in total. The van der Waals surface area contributed by atoms with Crippen molar-refractivity contribution in [2.75, 3.05) is 6.54 Å². The SMILES string of the molecule is Cc1cccc([C@@H](C)NCCCCC(C)(C)C#N)c1. The van der Waals surface area contributed by atoms with Gasteiger partial charge >= 0.3 is 0 Å². The average molecular weight is 258 g/mol. The fourth-order valence-corrected chi connectivity index (χ4v) is 2.12. The lowest BCUT2D eigenvalue weighted by Gasteiger charge is -2.17. The number of benzene rings is 1. The Balaban J connectivity index is 2.25. The molecule has 0 aromatic heterocycles. The van der Waals surface area contributed by atoms with Crippen molar-refractivity contribution in [3.8, 4) is 6.07 Å². The third-order valence-electron chi connectivity index (χ3n) is 3.52. The van der Waals surface area contributed by atoms with E-state index >= 15 is 0 Å². The van der Waals surface area contributed by atoms with Crippen LogP contribution < -0.4 is 5.32 Å². The molecule has 0 unspecified atom stereocenters. The van der Waals surface area contributed by atoms with E-state index in [1.165, 1.54) is 11.1 Å². The zero-order valence-corrected chi connectivity index (χ0v) is 12.7. The Kier molecular flexibility index (Phi) is 6.05. The molecule has 0 radical (unpaired) electrons. The van der Waals surface area contributed by atoms with Gasteiger partial charge in [0.05, 0.1) is 11.5 Å². The van der Waals surface area contributed by atoms with Crippen LogP contribution in [-0.2, 0) is 0 Å². The van der Waals surface area contributed by atoms with Crippen molar-refractivity contribution < 1.29 is 0 Å². The van der Waals surface area contributed by atoms with Gasteiger partial charge in [0.1, 0.15) is 0 Å². The molecule has 0 spiro atoms. The number of hydrogen-bond acceptors (Lipinski definition) is 2. The van der Waals surface area contributed by atoms with Crippen LogP contribution in [0.3, 0.4) is 0 Å². The van der Waals surface area contributed by atoms with Crippen LogP contribution >= 0.6 is 0 Å². The first kappa shape index (κ1) is 15.7. The van der Waals surface area contributed by atoms with E-state index in [1.807, 2.05) is 13.8 Å². The number of nitrogens with zero attached hydrogens (tertiary/aromatic N) is 1. The quantitative estimate of drug-likeness (QED) is 0.737. The smallest absolute Gasteiger partial charge is 0.0683 e. The number of nitrogens with one attached hydrogen (secondary N) is 1. The number of unbranched alkanes of at least 4 members (excludes halogenated alkanes) is 1. The van der Waals surface area contributed by atoms with Gasteiger partial charge in [-0.2, -0.15) is 5.26 Å². The van der Waals surface area contributed by atoms with E-state index in [2.05, 4.69) is 49.5 Å². The maximum Gasteiger partial charge on any atom is 0.0683 e. The van der Waals surface area contributed by atoms with E-state index in [0.717, 1.165) is 25.8 Å². The van der Waals surface area contributed by atoms with Gasteiger partial charge in [0, 0.05) is 6.04 Å². The maximum atomic E-state index is 8.95. The zero-order valence-electron chi connectivity index (χ0n) is 12.7. The number of rotatable bonds is 7. The van der Waals surface area contributed by atoms with Crippen molar-refractivity contribution in [2.45, 2.75) is 53.0 Å². The molecule has 0 fully saturated rings. The largest absolute Gasteiger partial charge is 0.310 e. The van der Waals surface area contributed by atoms with Crippen molar-refractivity contribution in [1.82, 2.24) is 5.32 Å². The predicted octanol–water partition coefficient (Wildman–Crippen LogP) is 4.37. The Morgan fingerprint density at radius 1 is 1.32 bits per heavy atom. The lowest BCUT2D eigenvalue weighted by molar-refractivity contribution is 0.418. The van der Waals surface area contributed by atoms with Gasteiger partial charge in [-0.1, -0.05) is 36.2 Å². The second-order valence-corrected chi connectivity index (χ2v) is 6.04. The summed E-state index contributed by atoms with van der Waals surface area (Å²) in [6, 6.07) is 11.4. The molecule has 19 heavy (non-hydrogen) atoms. The van der Waals surface area contributed by atoms with Gasteiger partial charge in [-0.05, 0) is 52.6 Å². The van der Waals surface area contributed by atoms with Crippen LogP contribution in [-0.4, -0.2) is 6.54 Å². The number of aryl methyl sites for hydroxylation is 1. The summed E-state index contributed by atoms with van der Waals surface area (Å²) in [5.74, 6) is 0. The van der Waals surface area contributed by atoms with E-state index in [0.29, 0.717) is 6.04 Å². The highest BCUT2D eigenvalue weighted by Gasteiger charge is 2.15. The third-order valence-corrected chi connectivity index (χ3v) is 3.52. The van der Waals surface area contributed by atoms with Crippen LogP contribution in [0.5, 0.6) is 0 Å². The standard InChI is InChI=1S/C17H26N2/c1-14-8-7-9-16(12-14)15(2)19-11-6-5-10-17(3,4)13-18/h7-9,12,15,19H,5-6,10-11H2,1-4H3/t15-/m1/s1. The highest BCUT2D eigenvalue weighted by atomic mass is 14.9. The summed E-state index contributed by atoms with van der Waals surface area (Å²) in [6.07, 6.45) is 3.21. The van der Waals surface area contributed by atoms with Gasteiger partial charge in [0.2, 0.25) is 0 Å². The van der Waals surface area contributed by atoms with Gasteiger partial charge in [-0.25, -0.2) is 0 Å². The van der Waals surface area contributed by atoms with E-state index < -0.39 is 0 Å². The first-order valence-corrected chi connectivity index (χ1v) is 7.16. The summed E-state index contributed by atoms with van der Waals surface area (Å²) in [5.41, 5.74) is 2.47. The summed E-state index contributed by atoms with van der Waals surface area (Å²) < 4.78 is 0. The molecule has 0 aliphatic carbocycles. The summed E-state index contributed by atoms with van der Waals surface area (Å²) in [7, 11) is 0. The maximum absolute atomic E-state index is 8.95. The highest BCUT2D eigenvalue weighted by molar-refractivity contribution is 5.24. The summed E-state index contributed by atoms with van der Waals surface area (Å²) in [4.78, 5) is 0. The van der Waals surface area contributed by atoms with Crippen molar-refractivity contribution in [2.24, 2.45) is 5.41 Å². The molecule has 0 aliphatic heterocycles. The van der Waals surface area contributed by atoms with E-state index in [9.17, 15) is 0 Å². The van der Waals surface area contributed by atoms with Crippen LogP contribution in [0.15, 0.2) is 24.3 Å². The first-order valence-electron chi connectivity index (χ1n) is 7.16. The van der Waals surface area contributed by atoms with Crippen LogP contribution in [0, 0.1) is 23.7 Å². The molecule has 0 saturated heterocycles. The minimum absolute atomic E-state index is 0.178. The van der Waals surface area contributed by atoms with Crippen molar-refractivity contribution >= 4 is 0 Å². The molecule has 1 atom stereocenters. The van der Waals surface area contributed by atoms with E-state index in [4.69, 9.17) is 5.26 Å². The van der Waals surface area contributed by atoms with Gasteiger partial charge < -0.3 is 5.32 Å². The molecule has 0 aliphatic rings. The average Bonchev–Trinajstić information content (AvgIpc) is 2.38. The van der Waals surface area contributed by atoms with Gasteiger partial charge in [0.25, 0.3) is 0 Å². The molecule has 1 N–H and O–H groups in total. The molecular formula is C17H26N2. The monoisotopic (exact) mass is 258 g/mol. The normalized spacial score (nSPS) is 13.0. The molecular weight excluding hydrogens is 232 g/mol. The minimum Gasteiger partial charge on any atom is -0.310 e. The van der Waals surface area contributed by atoms with Crippen molar-refractivity contribution in [3.63, 3.8) is 0 Å². The third kappa shape index (κ3) is 5.89. The zero-order chi connectivity index (χ0) is 14.3. The second-order valence-electron chi connectivity index (χ2n) is 6.04. The molecule has 104 valence electrons. The minimum atomic E-state index is -0.178. The van der Waals surface area contributed by atoms with Crippen LogP contribution in [0.25, 0.3) is 0 Å². The summed E-state index contributed by atoms with van der Waals surface area (Å²) in [5, 5.41) is 12.5. The fraction of sp³-hybridized carbons (Fsp3) is 0.588. The van der Waals surface area contributed by atoms with Gasteiger partial charge in [-0.15, -0.1) is 0 Å². The fourth-order valence-electron chi connectivity index (χ4n) is 2.12.